The fourth-order valence-corrected chi connectivity index (χ4v) is 1.71. The number of rotatable bonds is 6. The second-order valence-electron chi connectivity index (χ2n) is 4.79. The van der Waals surface area contributed by atoms with Gasteiger partial charge in [-0.25, -0.2) is 4.98 Å². The van der Waals surface area contributed by atoms with Crippen LogP contribution in [0.25, 0.3) is 0 Å². The Morgan fingerprint density at radius 3 is 2.73 bits per heavy atom. The number of ether oxygens (including phenoxy) is 2. The predicted molar refractivity (Wildman–Crippen MR) is 82.8 cm³/mol. The van der Waals surface area contributed by atoms with Crippen LogP contribution in [0.1, 0.15) is 12.5 Å². The fraction of sp³-hybridized carbons (Fsp3) is 0.250. The number of nitrogens with zero attached hydrogens (tertiary/aromatic N) is 1. The van der Waals surface area contributed by atoms with Crippen LogP contribution in [0, 0.1) is 0 Å². The maximum absolute atomic E-state index is 11.4. The molecule has 0 spiro atoms. The highest BCUT2D eigenvalue weighted by Gasteiger charge is 2.06. The lowest BCUT2D eigenvalue weighted by atomic mass is 10.2. The highest BCUT2D eigenvalue weighted by molar-refractivity contribution is 5.80. The molecule has 2 rings (SSSR count). The van der Waals surface area contributed by atoms with Crippen LogP contribution in [0.2, 0.25) is 0 Å². The summed E-state index contributed by atoms with van der Waals surface area (Å²) in [4.78, 5) is 15.6. The largest absolute Gasteiger partial charge is 0.497 e. The Bertz CT molecular complexity index is 627. The molecule has 116 valence electrons. The zero-order valence-corrected chi connectivity index (χ0v) is 12.6. The molecule has 1 unspecified atom stereocenters. The lowest BCUT2D eigenvalue weighted by molar-refractivity contribution is -0.122. The van der Waals surface area contributed by atoms with Gasteiger partial charge in [0.1, 0.15) is 11.5 Å². The van der Waals surface area contributed by atoms with Crippen molar-refractivity contribution in [1.82, 2.24) is 10.3 Å². The van der Waals surface area contributed by atoms with Crippen LogP contribution < -0.4 is 20.5 Å². The summed E-state index contributed by atoms with van der Waals surface area (Å²) in [6, 6.07) is 10.3. The standard InChI is InChI=1S/C16H19N3O3/c1-11(17)16(20)19-10-12-6-7-15(18-9-12)22-14-5-3-4-13(8-14)21-2/h3-9,11H,10,17H2,1-2H3,(H,19,20). The first-order chi connectivity index (χ1) is 10.6. The molecule has 1 atom stereocenters. The molecule has 22 heavy (non-hydrogen) atoms. The van der Waals surface area contributed by atoms with Gasteiger partial charge in [0.25, 0.3) is 0 Å². The summed E-state index contributed by atoms with van der Waals surface area (Å²) >= 11 is 0. The van der Waals surface area contributed by atoms with E-state index in [9.17, 15) is 4.79 Å². The summed E-state index contributed by atoms with van der Waals surface area (Å²) in [5.74, 6) is 1.63. The number of carbonyl (C=O) groups is 1. The van der Waals surface area contributed by atoms with Gasteiger partial charge in [0, 0.05) is 24.9 Å². The Balaban J connectivity index is 1.95. The van der Waals surface area contributed by atoms with Gasteiger partial charge in [0.15, 0.2) is 0 Å². The molecule has 0 saturated carbocycles. The van der Waals surface area contributed by atoms with Gasteiger partial charge in [0.2, 0.25) is 11.8 Å². The molecule has 0 aliphatic heterocycles. The maximum atomic E-state index is 11.4. The molecule has 0 bridgehead atoms. The first kappa shape index (κ1) is 15.8. The number of amides is 1. The number of nitrogens with one attached hydrogen (secondary N) is 1. The minimum Gasteiger partial charge on any atom is -0.497 e. The van der Waals surface area contributed by atoms with E-state index >= 15 is 0 Å². The van der Waals surface area contributed by atoms with Crippen molar-refractivity contribution in [3.05, 3.63) is 48.2 Å². The Kier molecular flexibility index (Phi) is 5.32. The lowest BCUT2D eigenvalue weighted by Gasteiger charge is -2.09. The number of carbonyl (C=O) groups excluding carboxylic acids is 1. The van der Waals surface area contributed by atoms with Crippen molar-refractivity contribution in [2.45, 2.75) is 19.5 Å². The average Bonchev–Trinajstić information content (AvgIpc) is 2.54. The van der Waals surface area contributed by atoms with E-state index in [2.05, 4.69) is 10.3 Å². The smallest absolute Gasteiger partial charge is 0.236 e. The predicted octanol–water partition coefficient (Wildman–Crippen LogP) is 1.85. The Hall–Kier alpha value is -2.60. The first-order valence-electron chi connectivity index (χ1n) is 6.88. The molecule has 1 amide bonds. The fourth-order valence-electron chi connectivity index (χ4n) is 1.71. The third-order valence-corrected chi connectivity index (χ3v) is 2.94. The highest BCUT2D eigenvalue weighted by Crippen LogP contribution is 2.23. The third-order valence-electron chi connectivity index (χ3n) is 2.94. The maximum Gasteiger partial charge on any atom is 0.236 e. The van der Waals surface area contributed by atoms with Gasteiger partial charge in [-0.15, -0.1) is 0 Å². The van der Waals surface area contributed by atoms with Gasteiger partial charge in [0.05, 0.1) is 13.2 Å². The van der Waals surface area contributed by atoms with Gasteiger partial charge in [-0.1, -0.05) is 12.1 Å². The molecule has 6 nitrogen and oxygen atoms in total. The molecule has 1 heterocycles. The Morgan fingerprint density at radius 2 is 2.09 bits per heavy atom. The van der Waals surface area contributed by atoms with Crippen LogP contribution in [-0.4, -0.2) is 24.0 Å². The lowest BCUT2D eigenvalue weighted by Crippen LogP contribution is -2.37. The van der Waals surface area contributed by atoms with Gasteiger partial charge in [-0.05, 0) is 24.6 Å². The topological polar surface area (TPSA) is 86.5 Å². The number of pyridine rings is 1. The summed E-state index contributed by atoms with van der Waals surface area (Å²) < 4.78 is 10.8. The SMILES string of the molecule is COc1cccc(Oc2ccc(CNC(=O)C(C)N)cn2)c1. The van der Waals surface area contributed by atoms with E-state index in [4.69, 9.17) is 15.2 Å². The molecule has 1 aromatic carbocycles. The number of methoxy groups -OCH3 is 1. The van der Waals surface area contributed by atoms with Crippen molar-refractivity contribution >= 4 is 5.91 Å². The van der Waals surface area contributed by atoms with Crippen LogP contribution >= 0.6 is 0 Å². The summed E-state index contributed by atoms with van der Waals surface area (Å²) in [6.07, 6.45) is 1.65. The molecule has 0 radical (unpaired) electrons. The van der Waals surface area contributed by atoms with E-state index in [1.165, 1.54) is 0 Å². The van der Waals surface area contributed by atoms with Crippen molar-refractivity contribution in [3.63, 3.8) is 0 Å². The zero-order chi connectivity index (χ0) is 15.9. The van der Waals surface area contributed by atoms with Crippen LogP contribution in [0.15, 0.2) is 42.6 Å². The van der Waals surface area contributed by atoms with Gasteiger partial charge < -0.3 is 20.5 Å². The molecule has 0 fully saturated rings. The number of hydrogen-bond acceptors (Lipinski definition) is 5. The van der Waals surface area contributed by atoms with Crippen molar-refractivity contribution in [2.24, 2.45) is 5.73 Å². The van der Waals surface area contributed by atoms with E-state index in [1.54, 1.807) is 32.4 Å². The van der Waals surface area contributed by atoms with E-state index < -0.39 is 6.04 Å². The second-order valence-corrected chi connectivity index (χ2v) is 4.79. The van der Waals surface area contributed by atoms with E-state index in [-0.39, 0.29) is 5.91 Å². The summed E-state index contributed by atoms with van der Waals surface area (Å²) in [6.45, 7) is 2.02. The molecule has 6 heteroatoms. The minimum atomic E-state index is -0.524. The van der Waals surface area contributed by atoms with E-state index in [0.717, 1.165) is 5.56 Å². The van der Waals surface area contributed by atoms with E-state index in [0.29, 0.717) is 23.9 Å². The van der Waals surface area contributed by atoms with Gasteiger partial charge >= 0.3 is 0 Å². The van der Waals surface area contributed by atoms with Crippen molar-refractivity contribution in [2.75, 3.05) is 7.11 Å². The van der Waals surface area contributed by atoms with E-state index in [1.807, 2.05) is 24.3 Å². The molecule has 0 saturated heterocycles. The molecular formula is C16H19N3O3. The third kappa shape index (κ3) is 4.46. The van der Waals surface area contributed by atoms with Crippen LogP contribution in [0.5, 0.6) is 17.4 Å². The zero-order valence-electron chi connectivity index (χ0n) is 12.6. The number of hydrogen-bond donors (Lipinski definition) is 2. The Labute approximate surface area is 129 Å². The molecular weight excluding hydrogens is 282 g/mol. The molecule has 0 aliphatic rings. The first-order valence-corrected chi connectivity index (χ1v) is 6.88. The van der Waals surface area contributed by atoms with Gasteiger partial charge in [-0.2, -0.15) is 0 Å². The summed E-state index contributed by atoms with van der Waals surface area (Å²) in [7, 11) is 1.60. The molecule has 1 aromatic heterocycles. The summed E-state index contributed by atoms with van der Waals surface area (Å²) in [5, 5.41) is 2.72. The van der Waals surface area contributed by atoms with Crippen LogP contribution in [0.4, 0.5) is 0 Å². The van der Waals surface area contributed by atoms with Crippen LogP contribution in [0.3, 0.4) is 0 Å². The number of nitrogens with two attached hydrogens (primary N) is 1. The number of aromatic nitrogens is 1. The Morgan fingerprint density at radius 1 is 1.32 bits per heavy atom. The van der Waals surface area contributed by atoms with Crippen molar-refractivity contribution in [3.8, 4) is 17.4 Å². The van der Waals surface area contributed by atoms with Gasteiger partial charge in [-0.3, -0.25) is 4.79 Å². The monoisotopic (exact) mass is 301 g/mol. The summed E-state index contributed by atoms with van der Waals surface area (Å²) in [5.41, 5.74) is 6.34. The quantitative estimate of drug-likeness (QED) is 0.850. The molecule has 0 aliphatic carbocycles. The van der Waals surface area contributed by atoms with Crippen molar-refractivity contribution in [1.29, 1.82) is 0 Å². The molecule has 3 N–H and O–H groups in total. The normalized spacial score (nSPS) is 11.6. The second kappa shape index (κ2) is 7.42. The minimum absolute atomic E-state index is 0.197. The number of benzene rings is 1. The molecule has 2 aromatic rings. The highest BCUT2D eigenvalue weighted by atomic mass is 16.5. The average molecular weight is 301 g/mol. The van der Waals surface area contributed by atoms with Crippen molar-refractivity contribution < 1.29 is 14.3 Å². The van der Waals surface area contributed by atoms with Crippen LogP contribution in [-0.2, 0) is 11.3 Å².